The van der Waals surface area contributed by atoms with Crippen molar-refractivity contribution in [3.05, 3.63) is 0 Å². The van der Waals surface area contributed by atoms with Gasteiger partial charge in [-0.3, -0.25) is 4.79 Å². The molecule has 0 aromatic rings. The van der Waals surface area contributed by atoms with Crippen LogP contribution in [0.4, 0.5) is 31.1 Å². The Bertz CT molecular complexity index is 405. The molecular formula is C10H12F6N2O3. The lowest BCUT2D eigenvalue weighted by molar-refractivity contribution is -0.154. The molecule has 1 aliphatic carbocycles. The van der Waals surface area contributed by atoms with E-state index in [-0.39, 0.29) is 22.6 Å². The van der Waals surface area contributed by atoms with Gasteiger partial charge < -0.3 is 14.9 Å². The molecule has 0 bridgehead atoms. The molecule has 0 aliphatic heterocycles. The Kier molecular flexibility index (Phi) is 4.95. The number of nitrogens with zero attached hydrogens (tertiary/aromatic N) is 2. The Morgan fingerprint density at radius 2 is 1.48 bits per heavy atom. The van der Waals surface area contributed by atoms with Crippen LogP contribution in [-0.2, 0) is 4.79 Å². The van der Waals surface area contributed by atoms with Crippen molar-refractivity contribution in [1.82, 2.24) is 9.80 Å². The number of carbonyl (C=O) groups is 2. The molecule has 2 amide bonds. The van der Waals surface area contributed by atoms with Crippen LogP contribution >= 0.6 is 0 Å². The highest BCUT2D eigenvalue weighted by molar-refractivity contribution is 5.80. The summed E-state index contributed by atoms with van der Waals surface area (Å²) in [5, 5.41) is 8.50. The molecular weight excluding hydrogens is 310 g/mol. The molecule has 122 valence electrons. The van der Waals surface area contributed by atoms with E-state index in [9.17, 15) is 35.9 Å². The molecule has 0 aromatic carbocycles. The monoisotopic (exact) mass is 322 g/mol. The van der Waals surface area contributed by atoms with Crippen LogP contribution in [0.1, 0.15) is 12.8 Å². The minimum absolute atomic E-state index is 0.146. The maximum atomic E-state index is 12.4. The quantitative estimate of drug-likeness (QED) is 0.789. The fraction of sp³-hybridized carbons (Fsp3) is 0.800. The molecule has 0 heterocycles. The van der Waals surface area contributed by atoms with Crippen LogP contribution in [0.2, 0.25) is 0 Å². The molecule has 1 rings (SSSR count). The number of hydrogen-bond acceptors (Lipinski definition) is 2. The van der Waals surface area contributed by atoms with Crippen LogP contribution in [0.15, 0.2) is 0 Å². The Balaban J connectivity index is 2.87. The third-order valence-corrected chi connectivity index (χ3v) is 2.55. The zero-order valence-electron chi connectivity index (χ0n) is 10.5. The first-order valence-corrected chi connectivity index (χ1v) is 5.80. The molecule has 21 heavy (non-hydrogen) atoms. The number of aliphatic carboxylic acids is 1. The number of halogens is 6. The van der Waals surface area contributed by atoms with Crippen LogP contribution in [0, 0.1) is 0 Å². The summed E-state index contributed by atoms with van der Waals surface area (Å²) in [6, 6.07) is -2.38. The van der Waals surface area contributed by atoms with Gasteiger partial charge in [0, 0.05) is 6.04 Å². The molecule has 0 aromatic heterocycles. The van der Waals surface area contributed by atoms with Crippen LogP contribution in [0.5, 0.6) is 0 Å². The Labute approximate surface area is 115 Å². The predicted molar refractivity (Wildman–Crippen MR) is 56.4 cm³/mol. The molecule has 0 unspecified atom stereocenters. The average Bonchev–Trinajstić information content (AvgIpc) is 3.03. The standard InChI is InChI=1S/C10H12F6N2O3/c11-9(12,13)4-17(3-7(19)20)8(21)18(6-1-2-6)5-10(14,15)16/h6H,1-5H2,(H,19,20). The van der Waals surface area contributed by atoms with Gasteiger partial charge in [-0.1, -0.05) is 0 Å². The van der Waals surface area contributed by atoms with Gasteiger partial charge in [-0.15, -0.1) is 0 Å². The fourth-order valence-corrected chi connectivity index (χ4v) is 1.68. The Morgan fingerprint density at radius 1 is 1.00 bits per heavy atom. The van der Waals surface area contributed by atoms with Crippen molar-refractivity contribution in [2.45, 2.75) is 31.2 Å². The molecule has 5 nitrogen and oxygen atoms in total. The van der Waals surface area contributed by atoms with Gasteiger partial charge in [-0.2, -0.15) is 26.3 Å². The smallest absolute Gasteiger partial charge is 0.406 e. The van der Waals surface area contributed by atoms with Crippen molar-refractivity contribution in [2.75, 3.05) is 19.6 Å². The summed E-state index contributed by atoms with van der Waals surface area (Å²) < 4.78 is 74.0. The van der Waals surface area contributed by atoms with E-state index in [4.69, 9.17) is 5.11 Å². The molecule has 1 fully saturated rings. The van der Waals surface area contributed by atoms with Crippen molar-refractivity contribution in [2.24, 2.45) is 0 Å². The Hall–Kier alpha value is -1.68. The van der Waals surface area contributed by atoms with Gasteiger partial charge in [0.25, 0.3) is 0 Å². The van der Waals surface area contributed by atoms with E-state index in [1.807, 2.05) is 0 Å². The highest BCUT2D eigenvalue weighted by Crippen LogP contribution is 2.31. The fourth-order valence-electron chi connectivity index (χ4n) is 1.68. The second kappa shape index (κ2) is 5.98. The summed E-state index contributed by atoms with van der Waals surface area (Å²) in [6.45, 7) is -4.94. The number of carbonyl (C=O) groups excluding carboxylic acids is 1. The second-order valence-corrected chi connectivity index (χ2v) is 4.62. The van der Waals surface area contributed by atoms with Crippen molar-refractivity contribution >= 4 is 12.0 Å². The van der Waals surface area contributed by atoms with Gasteiger partial charge in [0.1, 0.15) is 19.6 Å². The maximum Gasteiger partial charge on any atom is 0.406 e. The van der Waals surface area contributed by atoms with Gasteiger partial charge in [-0.05, 0) is 12.8 Å². The number of hydrogen-bond donors (Lipinski definition) is 1. The number of rotatable bonds is 5. The first-order chi connectivity index (χ1) is 9.39. The van der Waals surface area contributed by atoms with Crippen LogP contribution < -0.4 is 0 Å². The van der Waals surface area contributed by atoms with Gasteiger partial charge >= 0.3 is 24.4 Å². The number of alkyl halides is 6. The molecule has 1 aliphatic rings. The highest BCUT2D eigenvalue weighted by atomic mass is 19.4. The average molecular weight is 322 g/mol. The Morgan fingerprint density at radius 3 is 1.81 bits per heavy atom. The number of urea groups is 1. The first-order valence-electron chi connectivity index (χ1n) is 5.80. The number of amides is 2. The lowest BCUT2D eigenvalue weighted by Gasteiger charge is -2.30. The van der Waals surface area contributed by atoms with Gasteiger partial charge in [0.05, 0.1) is 0 Å². The summed E-state index contributed by atoms with van der Waals surface area (Å²) in [5.74, 6) is -1.74. The van der Waals surface area contributed by atoms with E-state index in [1.165, 1.54) is 0 Å². The molecule has 1 N–H and O–H groups in total. The molecule has 0 saturated heterocycles. The summed E-state index contributed by atoms with van der Waals surface area (Å²) in [5.41, 5.74) is 0. The summed E-state index contributed by atoms with van der Waals surface area (Å²) in [4.78, 5) is 22.4. The SMILES string of the molecule is O=C(O)CN(CC(F)(F)F)C(=O)N(CC(F)(F)F)C1CC1. The van der Waals surface area contributed by atoms with Gasteiger partial charge in [0.15, 0.2) is 0 Å². The minimum atomic E-state index is -4.90. The number of carboxylic acids is 1. The van der Waals surface area contributed by atoms with E-state index in [0.29, 0.717) is 0 Å². The summed E-state index contributed by atoms with van der Waals surface area (Å²) >= 11 is 0. The van der Waals surface area contributed by atoms with E-state index in [0.717, 1.165) is 0 Å². The molecule has 11 heteroatoms. The maximum absolute atomic E-state index is 12.4. The van der Waals surface area contributed by atoms with Crippen molar-refractivity contribution in [3.63, 3.8) is 0 Å². The number of carboxylic acid groups (broad SMARTS) is 1. The lowest BCUT2D eigenvalue weighted by Crippen LogP contribution is -2.51. The van der Waals surface area contributed by atoms with Crippen LogP contribution in [0.3, 0.4) is 0 Å². The van der Waals surface area contributed by atoms with Crippen molar-refractivity contribution in [1.29, 1.82) is 0 Å². The van der Waals surface area contributed by atoms with E-state index in [1.54, 1.807) is 0 Å². The third kappa shape index (κ3) is 6.54. The third-order valence-electron chi connectivity index (χ3n) is 2.55. The molecule has 0 spiro atoms. The van der Waals surface area contributed by atoms with E-state index in [2.05, 4.69) is 0 Å². The van der Waals surface area contributed by atoms with Crippen molar-refractivity contribution < 1.29 is 41.0 Å². The minimum Gasteiger partial charge on any atom is -0.480 e. The zero-order valence-corrected chi connectivity index (χ0v) is 10.5. The summed E-state index contributed by atoms with van der Waals surface area (Å²) in [7, 11) is 0. The van der Waals surface area contributed by atoms with Crippen LogP contribution in [-0.4, -0.2) is 64.9 Å². The predicted octanol–water partition coefficient (Wildman–Crippen LogP) is 2.08. The van der Waals surface area contributed by atoms with Gasteiger partial charge in [0.2, 0.25) is 0 Å². The van der Waals surface area contributed by atoms with Crippen molar-refractivity contribution in [3.8, 4) is 0 Å². The first kappa shape index (κ1) is 17.4. The highest BCUT2D eigenvalue weighted by Gasteiger charge is 2.44. The molecule has 1 saturated carbocycles. The zero-order chi connectivity index (χ0) is 16.4. The molecule has 0 atom stereocenters. The normalized spacial score (nSPS) is 15.7. The summed E-state index contributed by atoms with van der Waals surface area (Å²) in [6.07, 6.45) is -9.19. The lowest BCUT2D eigenvalue weighted by atomic mass is 10.4. The van der Waals surface area contributed by atoms with E-state index < -0.39 is 50.0 Å². The molecule has 0 radical (unpaired) electrons. The van der Waals surface area contributed by atoms with E-state index >= 15 is 0 Å². The van der Waals surface area contributed by atoms with Gasteiger partial charge in [-0.25, -0.2) is 4.79 Å². The topological polar surface area (TPSA) is 60.9 Å². The largest absolute Gasteiger partial charge is 0.480 e. The second-order valence-electron chi connectivity index (χ2n) is 4.62. The van der Waals surface area contributed by atoms with Crippen LogP contribution in [0.25, 0.3) is 0 Å².